The van der Waals surface area contributed by atoms with Gasteiger partial charge in [0.2, 0.25) is 10.0 Å². The number of halogens is 1. The molecule has 2 rings (SSSR count). The molecule has 92 valence electrons. The topological polar surface area (TPSA) is 89.3 Å². The van der Waals surface area contributed by atoms with E-state index in [-0.39, 0.29) is 11.6 Å². The molecule has 1 aromatic rings. The van der Waals surface area contributed by atoms with Crippen molar-refractivity contribution >= 4 is 15.9 Å². The first kappa shape index (κ1) is 12.0. The van der Waals surface area contributed by atoms with Gasteiger partial charge in [0, 0.05) is 11.6 Å². The van der Waals surface area contributed by atoms with E-state index in [0.29, 0.717) is 0 Å². The van der Waals surface area contributed by atoms with Crippen molar-refractivity contribution in [1.82, 2.24) is 5.32 Å². The molecule has 1 aliphatic carbocycles. The SMILES string of the molecule is NS(=O)(=O)c1cc(C(=O)NC2CC2)ccc1F. The Labute approximate surface area is 97.9 Å². The van der Waals surface area contributed by atoms with Crippen LogP contribution in [0, 0.1) is 5.82 Å². The Hall–Kier alpha value is -1.47. The maximum absolute atomic E-state index is 13.2. The van der Waals surface area contributed by atoms with E-state index in [1.807, 2.05) is 0 Å². The molecule has 17 heavy (non-hydrogen) atoms. The first-order valence-electron chi connectivity index (χ1n) is 5.01. The Morgan fingerprint density at radius 3 is 2.59 bits per heavy atom. The van der Waals surface area contributed by atoms with Crippen LogP contribution in [-0.4, -0.2) is 20.4 Å². The van der Waals surface area contributed by atoms with E-state index in [2.05, 4.69) is 5.32 Å². The highest BCUT2D eigenvalue weighted by Gasteiger charge is 2.25. The maximum atomic E-state index is 13.2. The molecule has 1 saturated carbocycles. The minimum absolute atomic E-state index is 0.0855. The van der Waals surface area contributed by atoms with Gasteiger partial charge in [0.05, 0.1) is 0 Å². The second-order valence-electron chi connectivity index (χ2n) is 3.94. The standard InChI is InChI=1S/C10H11FN2O3S/c11-8-4-1-6(5-9(8)17(12,15)16)10(14)13-7-2-3-7/h1,4-5,7H,2-3H2,(H,13,14)(H2,12,15,16). The van der Waals surface area contributed by atoms with Crippen molar-refractivity contribution in [2.75, 3.05) is 0 Å². The maximum Gasteiger partial charge on any atom is 0.251 e. The van der Waals surface area contributed by atoms with Crippen molar-refractivity contribution in [2.45, 2.75) is 23.8 Å². The van der Waals surface area contributed by atoms with Gasteiger partial charge in [-0.3, -0.25) is 4.79 Å². The molecule has 0 bridgehead atoms. The third-order valence-corrected chi connectivity index (χ3v) is 3.34. The van der Waals surface area contributed by atoms with Crippen LogP contribution in [-0.2, 0) is 10.0 Å². The van der Waals surface area contributed by atoms with Crippen LogP contribution in [0.25, 0.3) is 0 Å². The zero-order valence-electron chi connectivity index (χ0n) is 8.81. The zero-order chi connectivity index (χ0) is 12.6. The monoisotopic (exact) mass is 258 g/mol. The number of carbonyl (C=O) groups excluding carboxylic acids is 1. The van der Waals surface area contributed by atoms with E-state index < -0.39 is 26.6 Å². The minimum atomic E-state index is -4.16. The van der Waals surface area contributed by atoms with Gasteiger partial charge in [-0.1, -0.05) is 0 Å². The van der Waals surface area contributed by atoms with Gasteiger partial charge in [-0.2, -0.15) is 0 Å². The Morgan fingerprint density at radius 1 is 1.41 bits per heavy atom. The van der Waals surface area contributed by atoms with Gasteiger partial charge in [0.15, 0.2) is 0 Å². The highest BCUT2D eigenvalue weighted by Crippen LogP contribution is 2.20. The van der Waals surface area contributed by atoms with Gasteiger partial charge in [-0.25, -0.2) is 17.9 Å². The van der Waals surface area contributed by atoms with E-state index in [4.69, 9.17) is 5.14 Å². The van der Waals surface area contributed by atoms with Crippen LogP contribution >= 0.6 is 0 Å². The van der Waals surface area contributed by atoms with Crippen LogP contribution in [0.4, 0.5) is 4.39 Å². The summed E-state index contributed by atoms with van der Waals surface area (Å²) in [7, 11) is -4.16. The number of primary sulfonamides is 1. The number of sulfonamides is 1. The summed E-state index contributed by atoms with van der Waals surface area (Å²) in [5.41, 5.74) is 0.0855. The van der Waals surface area contributed by atoms with Gasteiger partial charge >= 0.3 is 0 Å². The van der Waals surface area contributed by atoms with E-state index in [1.165, 1.54) is 6.07 Å². The molecule has 0 heterocycles. The predicted molar refractivity (Wildman–Crippen MR) is 58.3 cm³/mol. The molecule has 0 aliphatic heterocycles. The first-order chi connectivity index (χ1) is 7.88. The number of carbonyl (C=O) groups is 1. The van der Waals surface area contributed by atoms with Gasteiger partial charge in [0.25, 0.3) is 5.91 Å². The number of nitrogens with two attached hydrogens (primary N) is 1. The van der Waals surface area contributed by atoms with Crippen molar-refractivity contribution in [2.24, 2.45) is 5.14 Å². The number of benzene rings is 1. The fourth-order valence-corrected chi connectivity index (χ4v) is 1.99. The Balaban J connectivity index is 2.33. The Morgan fingerprint density at radius 2 is 2.06 bits per heavy atom. The first-order valence-corrected chi connectivity index (χ1v) is 6.56. The molecule has 5 nitrogen and oxygen atoms in total. The molecule has 1 aliphatic rings. The van der Waals surface area contributed by atoms with Crippen molar-refractivity contribution < 1.29 is 17.6 Å². The van der Waals surface area contributed by atoms with Gasteiger partial charge < -0.3 is 5.32 Å². The van der Waals surface area contributed by atoms with Gasteiger partial charge in [-0.15, -0.1) is 0 Å². The number of hydrogen-bond donors (Lipinski definition) is 2. The zero-order valence-corrected chi connectivity index (χ0v) is 9.63. The third-order valence-electron chi connectivity index (χ3n) is 2.41. The summed E-state index contributed by atoms with van der Waals surface area (Å²) in [5, 5.41) is 7.51. The van der Waals surface area contributed by atoms with E-state index in [1.54, 1.807) is 0 Å². The van der Waals surface area contributed by atoms with Crippen molar-refractivity contribution in [1.29, 1.82) is 0 Å². The second-order valence-corrected chi connectivity index (χ2v) is 5.47. The number of rotatable bonds is 3. The fraction of sp³-hybridized carbons (Fsp3) is 0.300. The van der Waals surface area contributed by atoms with Crippen LogP contribution in [0.2, 0.25) is 0 Å². The molecule has 1 aromatic carbocycles. The average Bonchev–Trinajstić information content (AvgIpc) is 3.00. The number of hydrogen-bond acceptors (Lipinski definition) is 3. The molecule has 0 saturated heterocycles. The van der Waals surface area contributed by atoms with E-state index in [9.17, 15) is 17.6 Å². The number of nitrogens with one attached hydrogen (secondary N) is 1. The summed E-state index contributed by atoms with van der Waals surface area (Å²) in [6, 6.07) is 3.23. The summed E-state index contributed by atoms with van der Waals surface area (Å²) in [6.45, 7) is 0. The van der Waals surface area contributed by atoms with Crippen LogP contribution in [0.5, 0.6) is 0 Å². The van der Waals surface area contributed by atoms with Crippen LogP contribution in [0.1, 0.15) is 23.2 Å². The molecule has 0 unspecified atom stereocenters. The largest absolute Gasteiger partial charge is 0.349 e. The van der Waals surface area contributed by atoms with Crippen LogP contribution < -0.4 is 10.5 Å². The summed E-state index contributed by atoms with van der Waals surface area (Å²) >= 11 is 0. The minimum Gasteiger partial charge on any atom is -0.349 e. The fourth-order valence-electron chi connectivity index (χ4n) is 1.36. The molecule has 0 radical (unpaired) electrons. The van der Waals surface area contributed by atoms with E-state index in [0.717, 1.165) is 25.0 Å². The predicted octanol–water partition coefficient (Wildman–Crippen LogP) is 0.365. The molecule has 0 aromatic heterocycles. The Kier molecular flexibility index (Phi) is 2.88. The third kappa shape index (κ3) is 2.80. The summed E-state index contributed by atoms with van der Waals surface area (Å²) < 4.78 is 35.4. The van der Waals surface area contributed by atoms with Crippen molar-refractivity contribution in [3.05, 3.63) is 29.6 Å². The van der Waals surface area contributed by atoms with Gasteiger partial charge in [0.1, 0.15) is 10.7 Å². The molecular formula is C10H11FN2O3S. The van der Waals surface area contributed by atoms with Crippen LogP contribution in [0.15, 0.2) is 23.1 Å². The smallest absolute Gasteiger partial charge is 0.251 e. The lowest BCUT2D eigenvalue weighted by Crippen LogP contribution is -2.26. The Bertz CT molecular complexity index is 567. The quantitative estimate of drug-likeness (QED) is 0.820. The summed E-state index contributed by atoms with van der Waals surface area (Å²) in [4.78, 5) is 11.0. The molecule has 0 atom stereocenters. The molecule has 1 amide bonds. The normalized spacial score (nSPS) is 15.6. The molecule has 1 fully saturated rings. The lowest BCUT2D eigenvalue weighted by Gasteiger charge is -2.05. The van der Waals surface area contributed by atoms with Crippen molar-refractivity contribution in [3.8, 4) is 0 Å². The van der Waals surface area contributed by atoms with Gasteiger partial charge in [-0.05, 0) is 31.0 Å². The molecular weight excluding hydrogens is 247 g/mol. The van der Waals surface area contributed by atoms with Crippen molar-refractivity contribution in [3.63, 3.8) is 0 Å². The highest BCUT2D eigenvalue weighted by molar-refractivity contribution is 7.89. The molecule has 7 heteroatoms. The van der Waals surface area contributed by atoms with E-state index >= 15 is 0 Å². The summed E-state index contributed by atoms with van der Waals surface area (Å²) in [5.74, 6) is -1.38. The number of amides is 1. The van der Waals surface area contributed by atoms with Crippen LogP contribution in [0.3, 0.4) is 0 Å². The highest BCUT2D eigenvalue weighted by atomic mass is 32.2. The average molecular weight is 258 g/mol. The summed E-state index contributed by atoms with van der Waals surface area (Å²) in [6.07, 6.45) is 1.82. The lowest BCUT2D eigenvalue weighted by molar-refractivity contribution is 0.0951. The molecule has 0 spiro atoms. The lowest BCUT2D eigenvalue weighted by atomic mass is 10.2. The molecule has 3 N–H and O–H groups in total. The second kappa shape index (κ2) is 4.08.